The zero-order chi connectivity index (χ0) is 22.5. The van der Waals surface area contributed by atoms with Gasteiger partial charge in [0.25, 0.3) is 5.56 Å². The van der Waals surface area contributed by atoms with Gasteiger partial charge in [-0.3, -0.25) is 14.7 Å². The third kappa shape index (κ3) is 4.45. The highest BCUT2D eigenvalue weighted by molar-refractivity contribution is 5.56. The van der Waals surface area contributed by atoms with Gasteiger partial charge in [-0.2, -0.15) is 0 Å². The molecule has 1 N–H and O–H groups in total. The topological polar surface area (TPSA) is 89.6 Å². The van der Waals surface area contributed by atoms with Crippen molar-refractivity contribution >= 4 is 0 Å². The van der Waals surface area contributed by atoms with Crippen LogP contribution in [-0.4, -0.2) is 47.7 Å². The van der Waals surface area contributed by atoms with Crippen molar-refractivity contribution in [2.75, 3.05) is 27.9 Å². The summed E-state index contributed by atoms with van der Waals surface area (Å²) in [5, 5.41) is 0. The second-order valence-corrected chi connectivity index (χ2v) is 7.73. The van der Waals surface area contributed by atoms with E-state index >= 15 is 0 Å². The Bertz CT molecular complexity index is 1120. The number of piperidine rings is 1. The minimum Gasteiger partial charge on any atom is -0.493 e. The molecule has 0 spiro atoms. The number of methoxy groups -OCH3 is 3. The Labute approximate surface area is 187 Å². The van der Waals surface area contributed by atoms with Crippen LogP contribution in [0.15, 0.2) is 47.5 Å². The van der Waals surface area contributed by atoms with Crippen molar-refractivity contribution in [3.05, 3.63) is 64.3 Å². The fourth-order valence-corrected chi connectivity index (χ4v) is 4.32. The van der Waals surface area contributed by atoms with Gasteiger partial charge in [0.05, 0.1) is 33.1 Å². The number of hydrogen-bond donors (Lipinski definition) is 1. The number of nitrogens with zero attached hydrogens (tertiary/aromatic N) is 3. The molecule has 0 bridgehead atoms. The number of pyridine rings is 1. The molecule has 1 atom stereocenters. The lowest BCUT2D eigenvalue weighted by atomic mass is 9.97. The summed E-state index contributed by atoms with van der Waals surface area (Å²) in [5.41, 5.74) is 2.45. The van der Waals surface area contributed by atoms with E-state index in [1.807, 2.05) is 24.3 Å². The van der Waals surface area contributed by atoms with Crippen LogP contribution >= 0.6 is 0 Å². The smallest absolute Gasteiger partial charge is 0.251 e. The highest BCUT2D eigenvalue weighted by Crippen LogP contribution is 2.41. The Morgan fingerprint density at radius 2 is 1.81 bits per heavy atom. The van der Waals surface area contributed by atoms with Crippen LogP contribution in [0.1, 0.15) is 36.6 Å². The molecule has 0 radical (unpaired) electrons. The molecule has 3 heterocycles. The van der Waals surface area contributed by atoms with Gasteiger partial charge in [0.15, 0.2) is 11.5 Å². The SMILES string of the molecule is COc1ccc(CN2CCCCC2c2cc(=O)[nH]c(-c3ccncc3)n2)c(OC)c1OC. The maximum Gasteiger partial charge on any atom is 0.251 e. The number of aromatic nitrogens is 3. The van der Waals surface area contributed by atoms with Crippen molar-refractivity contribution in [3.8, 4) is 28.6 Å². The summed E-state index contributed by atoms with van der Waals surface area (Å²) >= 11 is 0. The summed E-state index contributed by atoms with van der Waals surface area (Å²) < 4.78 is 16.6. The molecule has 0 amide bonds. The molecule has 1 aromatic carbocycles. The normalized spacial score (nSPS) is 16.5. The molecule has 1 saturated heterocycles. The molecule has 0 aliphatic carbocycles. The largest absolute Gasteiger partial charge is 0.493 e. The predicted octanol–water partition coefficient (Wildman–Crippen LogP) is 3.58. The molecular weight excluding hydrogens is 408 g/mol. The first-order chi connectivity index (χ1) is 15.6. The van der Waals surface area contributed by atoms with E-state index < -0.39 is 0 Å². The van der Waals surface area contributed by atoms with Crippen LogP contribution in [0.2, 0.25) is 0 Å². The zero-order valence-corrected chi connectivity index (χ0v) is 18.6. The maximum absolute atomic E-state index is 12.5. The molecule has 3 aromatic rings. The highest BCUT2D eigenvalue weighted by Gasteiger charge is 2.28. The first kappa shape index (κ1) is 21.8. The molecule has 1 unspecified atom stereocenters. The van der Waals surface area contributed by atoms with Crippen LogP contribution in [0.3, 0.4) is 0 Å². The van der Waals surface area contributed by atoms with Crippen LogP contribution in [-0.2, 0) is 6.54 Å². The molecule has 8 heteroatoms. The Balaban J connectivity index is 1.68. The van der Waals surface area contributed by atoms with E-state index in [4.69, 9.17) is 19.2 Å². The molecule has 8 nitrogen and oxygen atoms in total. The minimum atomic E-state index is -0.156. The molecule has 1 aliphatic rings. The van der Waals surface area contributed by atoms with Crippen LogP contribution in [0.4, 0.5) is 0 Å². The number of H-pyrrole nitrogens is 1. The molecule has 2 aromatic heterocycles. The van der Waals surface area contributed by atoms with Gasteiger partial charge in [-0.05, 0) is 37.6 Å². The van der Waals surface area contributed by atoms with Gasteiger partial charge in [0, 0.05) is 36.1 Å². The predicted molar refractivity (Wildman–Crippen MR) is 121 cm³/mol. The van der Waals surface area contributed by atoms with E-state index in [1.165, 1.54) is 0 Å². The van der Waals surface area contributed by atoms with Gasteiger partial charge in [0.1, 0.15) is 5.82 Å². The summed E-state index contributed by atoms with van der Waals surface area (Å²) in [6, 6.07) is 9.22. The van der Waals surface area contributed by atoms with Crippen molar-refractivity contribution in [1.29, 1.82) is 0 Å². The van der Waals surface area contributed by atoms with Crippen LogP contribution in [0.25, 0.3) is 11.4 Å². The van der Waals surface area contributed by atoms with Crippen molar-refractivity contribution < 1.29 is 14.2 Å². The molecule has 0 saturated carbocycles. The Kier molecular flexibility index (Phi) is 6.70. The average molecular weight is 437 g/mol. The van der Waals surface area contributed by atoms with Crippen molar-refractivity contribution in [1.82, 2.24) is 19.9 Å². The minimum absolute atomic E-state index is 0.0319. The third-order valence-corrected chi connectivity index (χ3v) is 5.83. The Hall–Kier alpha value is -3.39. The monoisotopic (exact) mass is 436 g/mol. The van der Waals surface area contributed by atoms with Crippen LogP contribution in [0.5, 0.6) is 17.2 Å². The number of aromatic amines is 1. The second-order valence-electron chi connectivity index (χ2n) is 7.73. The number of likely N-dealkylation sites (tertiary alicyclic amines) is 1. The first-order valence-corrected chi connectivity index (χ1v) is 10.7. The molecular formula is C24H28N4O4. The quantitative estimate of drug-likeness (QED) is 0.605. The van der Waals surface area contributed by atoms with E-state index in [0.29, 0.717) is 29.6 Å². The second kappa shape index (κ2) is 9.82. The summed E-state index contributed by atoms with van der Waals surface area (Å²) in [6.07, 6.45) is 6.49. The van der Waals surface area contributed by atoms with Gasteiger partial charge >= 0.3 is 0 Å². The van der Waals surface area contributed by atoms with Gasteiger partial charge in [-0.15, -0.1) is 0 Å². The zero-order valence-electron chi connectivity index (χ0n) is 18.6. The standard InChI is InChI=1S/C24H28N4O4/c1-30-20-8-7-17(22(31-2)23(20)32-3)15-28-13-5-4-6-19(28)18-14-21(29)27-24(26-18)16-9-11-25-12-10-16/h7-12,14,19H,4-6,13,15H2,1-3H3,(H,26,27,29). The van der Waals surface area contributed by atoms with E-state index in [-0.39, 0.29) is 11.6 Å². The van der Waals surface area contributed by atoms with E-state index in [9.17, 15) is 4.79 Å². The summed E-state index contributed by atoms with van der Waals surface area (Å²) in [7, 11) is 4.85. The molecule has 32 heavy (non-hydrogen) atoms. The van der Waals surface area contributed by atoms with Gasteiger partial charge in [0.2, 0.25) is 5.75 Å². The summed E-state index contributed by atoms with van der Waals surface area (Å²) in [5.74, 6) is 2.42. The fraction of sp³-hybridized carbons (Fsp3) is 0.375. The van der Waals surface area contributed by atoms with Gasteiger partial charge in [-0.25, -0.2) is 4.98 Å². The van der Waals surface area contributed by atoms with E-state index in [0.717, 1.165) is 42.6 Å². The summed E-state index contributed by atoms with van der Waals surface area (Å²) in [6.45, 7) is 1.55. The lowest BCUT2D eigenvalue weighted by molar-refractivity contribution is 0.135. The van der Waals surface area contributed by atoms with Crippen LogP contribution in [0, 0.1) is 0 Å². The number of ether oxygens (including phenoxy) is 3. The van der Waals surface area contributed by atoms with Crippen molar-refractivity contribution in [3.63, 3.8) is 0 Å². The van der Waals surface area contributed by atoms with Crippen LogP contribution < -0.4 is 19.8 Å². The Morgan fingerprint density at radius 3 is 2.53 bits per heavy atom. The third-order valence-electron chi connectivity index (χ3n) is 5.83. The molecule has 4 rings (SSSR count). The lowest BCUT2D eigenvalue weighted by Crippen LogP contribution is -2.34. The number of benzene rings is 1. The Morgan fingerprint density at radius 1 is 1.03 bits per heavy atom. The fourth-order valence-electron chi connectivity index (χ4n) is 4.32. The van der Waals surface area contributed by atoms with Crippen molar-refractivity contribution in [2.24, 2.45) is 0 Å². The number of nitrogens with one attached hydrogen (secondary N) is 1. The molecule has 168 valence electrons. The van der Waals surface area contributed by atoms with E-state index in [2.05, 4.69) is 14.9 Å². The average Bonchev–Trinajstić information content (AvgIpc) is 2.84. The van der Waals surface area contributed by atoms with Gasteiger partial charge in [-0.1, -0.05) is 12.5 Å². The lowest BCUT2D eigenvalue weighted by Gasteiger charge is -2.35. The summed E-state index contributed by atoms with van der Waals surface area (Å²) in [4.78, 5) is 26.5. The van der Waals surface area contributed by atoms with E-state index in [1.54, 1.807) is 39.8 Å². The first-order valence-electron chi connectivity index (χ1n) is 10.7. The highest BCUT2D eigenvalue weighted by atomic mass is 16.5. The molecule has 1 aliphatic heterocycles. The maximum atomic E-state index is 12.5. The number of rotatable bonds is 7. The number of hydrogen-bond acceptors (Lipinski definition) is 7. The molecule has 1 fully saturated rings. The van der Waals surface area contributed by atoms with Crippen molar-refractivity contribution in [2.45, 2.75) is 31.8 Å². The van der Waals surface area contributed by atoms with Gasteiger partial charge < -0.3 is 19.2 Å².